The summed E-state index contributed by atoms with van der Waals surface area (Å²) in [5.41, 5.74) is 0.733. The van der Waals surface area contributed by atoms with Crippen molar-refractivity contribution >= 4 is 27.5 Å². The van der Waals surface area contributed by atoms with Gasteiger partial charge in [-0.15, -0.1) is 10.2 Å². The number of rotatable bonds is 3. The molecule has 2 rings (SSSR count). The molecule has 1 N–H and O–H groups in total. The maximum Gasteiger partial charge on any atom is 0.249 e. The summed E-state index contributed by atoms with van der Waals surface area (Å²) in [5, 5.41) is 11.6. The normalized spacial score (nSPS) is 12.7. The molecule has 4 nitrogen and oxygen atoms in total. The van der Waals surface area contributed by atoms with Crippen LogP contribution in [-0.4, -0.2) is 17.2 Å². The van der Waals surface area contributed by atoms with E-state index < -0.39 is 0 Å². The third kappa shape index (κ3) is 2.68. The first-order chi connectivity index (χ1) is 8.11. The number of hydrogen-bond acceptors (Lipinski definition) is 4. The van der Waals surface area contributed by atoms with Crippen molar-refractivity contribution in [3.8, 4) is 11.5 Å². The lowest BCUT2D eigenvalue weighted by atomic mass is 10.2. The monoisotopic (exact) mass is 315 g/mol. The number of hydrogen-bond donors (Lipinski definition) is 1. The van der Waals surface area contributed by atoms with Crippen LogP contribution in [0.5, 0.6) is 0 Å². The van der Waals surface area contributed by atoms with Gasteiger partial charge in [-0.05, 0) is 32.2 Å². The molecule has 0 fully saturated rings. The zero-order valence-electron chi connectivity index (χ0n) is 9.37. The molecule has 17 heavy (non-hydrogen) atoms. The number of aromatic nitrogens is 2. The van der Waals surface area contributed by atoms with Crippen LogP contribution in [-0.2, 0) is 0 Å². The SMILES string of the molecule is CNC(C)c1nnc(-c2ccc(Br)cc2Cl)o1. The van der Waals surface area contributed by atoms with Crippen LogP contribution < -0.4 is 5.32 Å². The molecular weight excluding hydrogens is 305 g/mol. The van der Waals surface area contributed by atoms with E-state index >= 15 is 0 Å². The van der Waals surface area contributed by atoms with Crippen LogP contribution in [0, 0.1) is 0 Å². The molecule has 0 aliphatic rings. The molecule has 2 aromatic rings. The molecule has 1 atom stereocenters. The molecule has 0 saturated carbocycles. The summed E-state index contributed by atoms with van der Waals surface area (Å²) in [7, 11) is 1.83. The van der Waals surface area contributed by atoms with Crippen molar-refractivity contribution in [2.24, 2.45) is 0 Å². The molecule has 0 bridgehead atoms. The smallest absolute Gasteiger partial charge is 0.249 e. The van der Waals surface area contributed by atoms with Crippen molar-refractivity contribution in [2.45, 2.75) is 13.0 Å². The Morgan fingerprint density at radius 3 is 2.82 bits per heavy atom. The standard InChI is InChI=1S/C11H11BrClN3O/c1-6(14-2)10-15-16-11(17-10)8-4-3-7(12)5-9(8)13/h3-6,14H,1-2H3. The van der Waals surface area contributed by atoms with Gasteiger partial charge < -0.3 is 9.73 Å². The van der Waals surface area contributed by atoms with Gasteiger partial charge in [-0.1, -0.05) is 27.5 Å². The molecule has 0 aliphatic carbocycles. The van der Waals surface area contributed by atoms with Gasteiger partial charge in [0.1, 0.15) is 0 Å². The minimum absolute atomic E-state index is 0.0190. The molecule has 0 aliphatic heterocycles. The van der Waals surface area contributed by atoms with Crippen LogP contribution in [0.15, 0.2) is 27.1 Å². The quantitative estimate of drug-likeness (QED) is 0.942. The predicted molar refractivity (Wildman–Crippen MR) is 69.9 cm³/mol. The van der Waals surface area contributed by atoms with E-state index in [0.717, 1.165) is 10.0 Å². The summed E-state index contributed by atoms with van der Waals surface area (Å²) in [4.78, 5) is 0. The van der Waals surface area contributed by atoms with E-state index in [2.05, 4.69) is 31.4 Å². The van der Waals surface area contributed by atoms with E-state index in [4.69, 9.17) is 16.0 Å². The minimum Gasteiger partial charge on any atom is -0.419 e. The molecule has 90 valence electrons. The van der Waals surface area contributed by atoms with Crippen molar-refractivity contribution in [1.82, 2.24) is 15.5 Å². The first-order valence-electron chi connectivity index (χ1n) is 5.08. The Balaban J connectivity index is 2.37. The lowest BCUT2D eigenvalue weighted by Crippen LogP contribution is -2.12. The van der Waals surface area contributed by atoms with Crippen molar-refractivity contribution < 1.29 is 4.42 Å². The largest absolute Gasteiger partial charge is 0.419 e. The summed E-state index contributed by atoms with van der Waals surface area (Å²) >= 11 is 9.46. The van der Waals surface area contributed by atoms with Crippen molar-refractivity contribution in [2.75, 3.05) is 7.05 Å². The Labute approximate surface area is 113 Å². The first-order valence-corrected chi connectivity index (χ1v) is 6.25. The van der Waals surface area contributed by atoms with Crippen molar-refractivity contribution in [3.05, 3.63) is 33.6 Å². The summed E-state index contributed by atoms with van der Waals surface area (Å²) in [6, 6.07) is 5.54. The molecule has 1 heterocycles. The molecule has 1 unspecified atom stereocenters. The average Bonchev–Trinajstić information content (AvgIpc) is 2.77. The van der Waals surface area contributed by atoms with Crippen LogP contribution in [0.4, 0.5) is 0 Å². The van der Waals surface area contributed by atoms with Crippen LogP contribution in [0.25, 0.3) is 11.5 Å². The topological polar surface area (TPSA) is 51.0 Å². The van der Waals surface area contributed by atoms with Gasteiger partial charge in [0.15, 0.2) is 0 Å². The fourth-order valence-corrected chi connectivity index (χ4v) is 2.06. The molecule has 0 radical (unpaired) electrons. The van der Waals surface area contributed by atoms with Gasteiger partial charge >= 0.3 is 0 Å². The highest BCUT2D eigenvalue weighted by atomic mass is 79.9. The third-order valence-electron chi connectivity index (χ3n) is 2.41. The van der Waals surface area contributed by atoms with Gasteiger partial charge in [0, 0.05) is 4.47 Å². The Kier molecular flexibility index (Phi) is 3.81. The van der Waals surface area contributed by atoms with Crippen LogP contribution in [0.3, 0.4) is 0 Å². The van der Waals surface area contributed by atoms with Gasteiger partial charge in [0.05, 0.1) is 16.6 Å². The van der Waals surface area contributed by atoms with E-state index in [9.17, 15) is 0 Å². The number of nitrogens with zero attached hydrogens (tertiary/aromatic N) is 2. The van der Waals surface area contributed by atoms with E-state index in [-0.39, 0.29) is 6.04 Å². The number of benzene rings is 1. The molecule has 0 spiro atoms. The Hall–Kier alpha value is -0.910. The van der Waals surface area contributed by atoms with Gasteiger partial charge in [-0.25, -0.2) is 0 Å². The highest BCUT2D eigenvalue weighted by Gasteiger charge is 2.15. The number of halogens is 2. The second-order valence-corrected chi connectivity index (χ2v) is 4.90. The molecule has 0 saturated heterocycles. The van der Waals surface area contributed by atoms with Crippen LogP contribution in [0.1, 0.15) is 18.9 Å². The molecule has 1 aromatic heterocycles. The zero-order chi connectivity index (χ0) is 12.4. The zero-order valence-corrected chi connectivity index (χ0v) is 11.7. The highest BCUT2D eigenvalue weighted by Crippen LogP contribution is 2.30. The Morgan fingerprint density at radius 2 is 2.18 bits per heavy atom. The predicted octanol–water partition coefficient (Wildman–Crippen LogP) is 3.43. The van der Waals surface area contributed by atoms with Crippen molar-refractivity contribution in [1.29, 1.82) is 0 Å². The van der Waals surface area contributed by atoms with Crippen LogP contribution >= 0.6 is 27.5 Å². The molecular formula is C11H11BrClN3O. The first kappa shape index (κ1) is 12.5. The van der Waals surface area contributed by atoms with Crippen molar-refractivity contribution in [3.63, 3.8) is 0 Å². The lowest BCUT2D eigenvalue weighted by Gasteiger charge is -2.03. The highest BCUT2D eigenvalue weighted by molar-refractivity contribution is 9.10. The average molecular weight is 317 g/mol. The molecule has 6 heteroatoms. The lowest BCUT2D eigenvalue weighted by molar-refractivity contribution is 0.441. The van der Waals surface area contributed by atoms with E-state index in [0.29, 0.717) is 16.8 Å². The van der Waals surface area contributed by atoms with Gasteiger partial charge in [-0.2, -0.15) is 0 Å². The molecule has 1 aromatic carbocycles. The van der Waals surface area contributed by atoms with E-state index in [1.54, 1.807) is 6.07 Å². The second kappa shape index (κ2) is 5.16. The van der Waals surface area contributed by atoms with E-state index in [1.807, 2.05) is 26.1 Å². The van der Waals surface area contributed by atoms with Gasteiger partial charge in [-0.3, -0.25) is 0 Å². The summed E-state index contributed by atoms with van der Waals surface area (Å²) < 4.78 is 6.47. The maximum absolute atomic E-state index is 6.11. The van der Waals surface area contributed by atoms with Crippen LogP contribution in [0.2, 0.25) is 5.02 Å². The number of nitrogens with one attached hydrogen (secondary N) is 1. The second-order valence-electron chi connectivity index (χ2n) is 3.58. The Morgan fingerprint density at radius 1 is 1.41 bits per heavy atom. The minimum atomic E-state index is 0.0190. The van der Waals surface area contributed by atoms with Gasteiger partial charge in [0.2, 0.25) is 11.8 Å². The third-order valence-corrected chi connectivity index (χ3v) is 3.21. The summed E-state index contributed by atoms with van der Waals surface area (Å²) in [5.74, 6) is 0.973. The summed E-state index contributed by atoms with van der Waals surface area (Å²) in [6.07, 6.45) is 0. The van der Waals surface area contributed by atoms with E-state index in [1.165, 1.54) is 0 Å². The fraction of sp³-hybridized carbons (Fsp3) is 0.273. The fourth-order valence-electron chi connectivity index (χ4n) is 1.30. The van der Waals surface area contributed by atoms with Gasteiger partial charge in [0.25, 0.3) is 0 Å². The maximum atomic E-state index is 6.11. The molecule has 0 amide bonds. The Bertz CT molecular complexity index is 529. The summed E-state index contributed by atoms with van der Waals surface area (Å²) in [6.45, 7) is 1.94.